The number of morpholine rings is 1. The maximum atomic E-state index is 10.3. The van der Waals surface area contributed by atoms with E-state index in [1.54, 1.807) is 32.4 Å². The molecule has 1 saturated heterocycles. The van der Waals surface area contributed by atoms with Gasteiger partial charge in [-0.2, -0.15) is 0 Å². The number of hydrogen-bond acceptors (Lipinski definition) is 7. The Labute approximate surface area is 157 Å². The van der Waals surface area contributed by atoms with Gasteiger partial charge >= 0.3 is 0 Å². The zero-order valence-electron chi connectivity index (χ0n) is 15.3. The van der Waals surface area contributed by atoms with E-state index in [0.717, 1.165) is 29.8 Å². The van der Waals surface area contributed by atoms with Gasteiger partial charge in [0.25, 0.3) is 0 Å². The number of para-hydroxylation sites is 1. The molecule has 4 rings (SSSR count). The Morgan fingerprint density at radius 2 is 1.70 bits per heavy atom. The summed E-state index contributed by atoms with van der Waals surface area (Å²) < 4.78 is 16.4. The van der Waals surface area contributed by atoms with Crippen molar-refractivity contribution in [2.45, 2.75) is 0 Å². The molecule has 7 heteroatoms. The summed E-state index contributed by atoms with van der Waals surface area (Å²) >= 11 is 0. The first kappa shape index (κ1) is 17.4. The Hall–Kier alpha value is -3.06. The van der Waals surface area contributed by atoms with Crippen molar-refractivity contribution < 1.29 is 19.3 Å². The molecule has 1 N–H and O–H groups in total. The summed E-state index contributed by atoms with van der Waals surface area (Å²) in [6.45, 7) is 2.76. The Bertz CT molecular complexity index is 971. The number of aromatic hydroxyl groups is 1. The van der Waals surface area contributed by atoms with E-state index < -0.39 is 0 Å². The van der Waals surface area contributed by atoms with Crippen LogP contribution in [0.4, 0.5) is 5.82 Å². The van der Waals surface area contributed by atoms with E-state index in [1.165, 1.54) is 0 Å². The predicted molar refractivity (Wildman–Crippen MR) is 103 cm³/mol. The van der Waals surface area contributed by atoms with Gasteiger partial charge in [0.15, 0.2) is 17.3 Å². The second kappa shape index (κ2) is 7.28. The van der Waals surface area contributed by atoms with Crippen LogP contribution in [0.1, 0.15) is 0 Å². The van der Waals surface area contributed by atoms with E-state index >= 15 is 0 Å². The van der Waals surface area contributed by atoms with Crippen LogP contribution in [0.25, 0.3) is 22.3 Å². The number of nitrogens with zero attached hydrogens (tertiary/aromatic N) is 3. The topological polar surface area (TPSA) is 76.9 Å². The summed E-state index contributed by atoms with van der Waals surface area (Å²) in [5.41, 5.74) is 1.31. The number of phenols is 1. The van der Waals surface area contributed by atoms with Gasteiger partial charge in [0.1, 0.15) is 11.6 Å². The molecule has 0 radical (unpaired) electrons. The van der Waals surface area contributed by atoms with Crippen LogP contribution in [0.3, 0.4) is 0 Å². The van der Waals surface area contributed by atoms with Crippen molar-refractivity contribution in [1.29, 1.82) is 0 Å². The summed E-state index contributed by atoms with van der Waals surface area (Å²) in [6, 6.07) is 10.8. The van der Waals surface area contributed by atoms with E-state index in [2.05, 4.69) is 9.88 Å². The summed E-state index contributed by atoms with van der Waals surface area (Å²) in [5, 5.41) is 11.1. The fraction of sp³-hybridized carbons (Fsp3) is 0.300. The second-order valence-corrected chi connectivity index (χ2v) is 6.21. The smallest absolute Gasteiger partial charge is 0.165 e. The minimum atomic E-state index is 0.144. The van der Waals surface area contributed by atoms with Crippen LogP contribution in [-0.2, 0) is 4.74 Å². The molecule has 1 aliphatic rings. The van der Waals surface area contributed by atoms with Crippen LogP contribution in [-0.4, -0.2) is 55.6 Å². The molecule has 2 heterocycles. The number of benzene rings is 2. The van der Waals surface area contributed by atoms with Gasteiger partial charge in [-0.25, -0.2) is 9.97 Å². The van der Waals surface area contributed by atoms with Crippen LogP contribution in [0.2, 0.25) is 0 Å². The highest BCUT2D eigenvalue weighted by molar-refractivity contribution is 5.94. The van der Waals surface area contributed by atoms with Gasteiger partial charge in [0, 0.05) is 24.5 Å². The average molecular weight is 367 g/mol. The van der Waals surface area contributed by atoms with Crippen LogP contribution in [0.15, 0.2) is 36.4 Å². The molecular weight excluding hydrogens is 346 g/mol. The fourth-order valence-corrected chi connectivity index (χ4v) is 3.24. The molecule has 0 spiro atoms. The van der Waals surface area contributed by atoms with Crippen molar-refractivity contribution >= 4 is 16.7 Å². The average Bonchev–Trinajstić information content (AvgIpc) is 2.72. The van der Waals surface area contributed by atoms with Crippen LogP contribution < -0.4 is 14.4 Å². The van der Waals surface area contributed by atoms with E-state index in [1.807, 2.05) is 18.2 Å². The Morgan fingerprint density at radius 1 is 1.00 bits per heavy atom. The molecule has 3 aromatic rings. The first-order valence-electron chi connectivity index (χ1n) is 8.76. The van der Waals surface area contributed by atoms with E-state index in [0.29, 0.717) is 36.1 Å². The van der Waals surface area contributed by atoms with E-state index in [4.69, 9.17) is 19.2 Å². The third-order valence-corrected chi connectivity index (χ3v) is 4.64. The predicted octanol–water partition coefficient (Wildman–Crippen LogP) is 2.86. The van der Waals surface area contributed by atoms with Crippen molar-refractivity contribution in [1.82, 2.24) is 9.97 Å². The van der Waals surface area contributed by atoms with Gasteiger partial charge in [0.05, 0.1) is 38.5 Å². The molecular formula is C20H21N3O4. The quantitative estimate of drug-likeness (QED) is 0.760. The zero-order valence-corrected chi connectivity index (χ0v) is 15.3. The summed E-state index contributed by atoms with van der Waals surface area (Å²) in [5.74, 6) is 2.63. The number of methoxy groups -OCH3 is 2. The highest BCUT2D eigenvalue weighted by Crippen LogP contribution is 2.37. The largest absolute Gasteiger partial charge is 0.507 e. The van der Waals surface area contributed by atoms with Gasteiger partial charge in [0.2, 0.25) is 0 Å². The minimum absolute atomic E-state index is 0.144. The Morgan fingerprint density at radius 3 is 2.41 bits per heavy atom. The molecule has 0 atom stereocenters. The lowest BCUT2D eigenvalue weighted by Crippen LogP contribution is -2.37. The summed E-state index contributed by atoms with van der Waals surface area (Å²) in [6.07, 6.45) is 0. The first-order chi connectivity index (χ1) is 13.2. The third kappa shape index (κ3) is 3.21. The molecule has 0 bridgehead atoms. The molecule has 0 amide bonds. The standard InChI is InChI=1S/C20H21N3O4/c1-25-17-11-14-15(12-18(17)26-2)21-19(13-5-3-4-6-16(13)24)22-20(14)23-7-9-27-10-8-23/h3-6,11-12,24H,7-10H2,1-2H3. The molecule has 1 aromatic heterocycles. The van der Waals surface area contributed by atoms with Crippen LogP contribution in [0, 0.1) is 0 Å². The number of anilines is 1. The van der Waals surface area contributed by atoms with Crippen LogP contribution in [0.5, 0.6) is 17.2 Å². The Kier molecular flexibility index (Phi) is 4.68. The lowest BCUT2D eigenvalue weighted by atomic mass is 10.1. The van der Waals surface area contributed by atoms with Crippen molar-refractivity contribution in [2.24, 2.45) is 0 Å². The second-order valence-electron chi connectivity index (χ2n) is 6.21. The number of hydrogen-bond donors (Lipinski definition) is 1. The van der Waals surface area contributed by atoms with Crippen molar-refractivity contribution in [3.8, 4) is 28.6 Å². The number of aromatic nitrogens is 2. The highest BCUT2D eigenvalue weighted by atomic mass is 16.5. The molecule has 2 aromatic carbocycles. The normalized spacial score (nSPS) is 14.4. The number of ether oxygens (including phenoxy) is 3. The number of fused-ring (bicyclic) bond motifs is 1. The minimum Gasteiger partial charge on any atom is -0.507 e. The SMILES string of the molecule is COc1cc2nc(-c3ccccc3O)nc(N3CCOCC3)c2cc1OC. The first-order valence-corrected chi connectivity index (χ1v) is 8.76. The summed E-state index contributed by atoms with van der Waals surface area (Å²) in [7, 11) is 3.20. The van der Waals surface area contributed by atoms with Crippen LogP contribution >= 0.6 is 0 Å². The Balaban J connectivity index is 1.97. The van der Waals surface area contributed by atoms with Crippen molar-refractivity contribution in [3.63, 3.8) is 0 Å². The lowest BCUT2D eigenvalue weighted by Gasteiger charge is -2.29. The van der Waals surface area contributed by atoms with Crippen molar-refractivity contribution in [3.05, 3.63) is 36.4 Å². The van der Waals surface area contributed by atoms with Gasteiger partial charge in [-0.15, -0.1) is 0 Å². The lowest BCUT2D eigenvalue weighted by molar-refractivity contribution is 0.122. The highest BCUT2D eigenvalue weighted by Gasteiger charge is 2.21. The monoisotopic (exact) mass is 367 g/mol. The molecule has 1 aliphatic heterocycles. The molecule has 7 nitrogen and oxygen atoms in total. The van der Waals surface area contributed by atoms with Crippen molar-refractivity contribution in [2.75, 3.05) is 45.4 Å². The maximum absolute atomic E-state index is 10.3. The zero-order chi connectivity index (χ0) is 18.8. The van der Waals surface area contributed by atoms with Gasteiger partial charge < -0.3 is 24.2 Å². The molecule has 140 valence electrons. The molecule has 0 unspecified atom stereocenters. The van der Waals surface area contributed by atoms with E-state index in [9.17, 15) is 5.11 Å². The van der Waals surface area contributed by atoms with Gasteiger partial charge in [-0.3, -0.25) is 0 Å². The molecule has 0 saturated carbocycles. The maximum Gasteiger partial charge on any atom is 0.165 e. The summed E-state index contributed by atoms with van der Waals surface area (Å²) in [4.78, 5) is 11.6. The fourth-order valence-electron chi connectivity index (χ4n) is 3.24. The number of phenolic OH excluding ortho intramolecular Hbond substituents is 1. The molecule has 1 fully saturated rings. The van der Waals surface area contributed by atoms with Gasteiger partial charge in [-0.05, 0) is 18.2 Å². The third-order valence-electron chi connectivity index (χ3n) is 4.64. The van der Waals surface area contributed by atoms with E-state index in [-0.39, 0.29) is 5.75 Å². The molecule has 0 aliphatic carbocycles. The molecule has 27 heavy (non-hydrogen) atoms. The van der Waals surface area contributed by atoms with Gasteiger partial charge in [-0.1, -0.05) is 12.1 Å². The number of rotatable bonds is 4.